The number of thioether (sulfide) groups is 1. The molecule has 0 spiro atoms. The molecule has 1 aromatic heterocycles. The molecule has 1 fully saturated rings. The van der Waals surface area contributed by atoms with E-state index in [4.69, 9.17) is 5.73 Å². The molecule has 2 aliphatic heterocycles. The molecule has 4 N–H and O–H groups in total. The Kier molecular flexibility index (Phi) is 5.32. The minimum Gasteiger partial charge on any atom is -0.477 e. The van der Waals surface area contributed by atoms with Crippen molar-refractivity contribution in [3.05, 3.63) is 16.4 Å². The van der Waals surface area contributed by atoms with Crippen LogP contribution in [0.25, 0.3) is 0 Å². The number of carbonyl (C=O) groups excluding carboxylic acids is 2. The van der Waals surface area contributed by atoms with Gasteiger partial charge in [0.2, 0.25) is 11.5 Å². The van der Waals surface area contributed by atoms with Crippen LogP contribution in [-0.4, -0.2) is 68.3 Å². The van der Waals surface area contributed by atoms with Crippen LogP contribution in [0.1, 0.15) is 18.7 Å². The van der Waals surface area contributed by atoms with Crippen molar-refractivity contribution < 1.29 is 24.3 Å². The molecule has 2 amide bonds. The number of aliphatic carboxylic acids is 1. The van der Waals surface area contributed by atoms with Crippen molar-refractivity contribution in [1.29, 1.82) is 0 Å². The largest absolute Gasteiger partial charge is 0.477 e. The maximum atomic E-state index is 12.6. The SMILES string of the molecule is CO/N=C(/C(=O)N[C@@H]1C(=O)N2C(C(=O)O)=C(SC)CCC12)c1nsc(N)n1. The molecule has 2 atom stereocenters. The highest BCUT2D eigenvalue weighted by molar-refractivity contribution is 8.02. The molecule has 1 aromatic rings. The van der Waals surface area contributed by atoms with Crippen LogP contribution in [0.3, 0.4) is 0 Å². The van der Waals surface area contributed by atoms with E-state index in [1.807, 2.05) is 0 Å². The molecule has 1 saturated heterocycles. The molecule has 27 heavy (non-hydrogen) atoms. The number of aromatic nitrogens is 2. The van der Waals surface area contributed by atoms with Gasteiger partial charge in [0.15, 0.2) is 5.13 Å². The van der Waals surface area contributed by atoms with Gasteiger partial charge in [-0.2, -0.15) is 9.36 Å². The van der Waals surface area contributed by atoms with Gasteiger partial charge >= 0.3 is 5.97 Å². The van der Waals surface area contributed by atoms with Gasteiger partial charge < -0.3 is 21.0 Å². The van der Waals surface area contributed by atoms with Crippen molar-refractivity contribution in [3.8, 4) is 0 Å². The number of oxime groups is 1. The van der Waals surface area contributed by atoms with Crippen molar-refractivity contribution in [3.63, 3.8) is 0 Å². The number of fused-ring (bicyclic) bond motifs is 1. The first-order chi connectivity index (χ1) is 12.9. The van der Waals surface area contributed by atoms with Crippen molar-refractivity contribution in [2.75, 3.05) is 19.1 Å². The van der Waals surface area contributed by atoms with Gasteiger partial charge in [0.25, 0.3) is 11.8 Å². The Bertz CT molecular complexity index is 866. The quantitative estimate of drug-likeness (QED) is 0.321. The number of carbonyl (C=O) groups is 3. The summed E-state index contributed by atoms with van der Waals surface area (Å²) in [6.45, 7) is 0. The van der Waals surface area contributed by atoms with Crippen molar-refractivity contribution in [2.45, 2.75) is 24.9 Å². The smallest absolute Gasteiger partial charge is 0.353 e. The van der Waals surface area contributed by atoms with Gasteiger partial charge in [-0.05, 0) is 19.1 Å². The summed E-state index contributed by atoms with van der Waals surface area (Å²) in [6, 6.07) is -1.28. The van der Waals surface area contributed by atoms with Crippen LogP contribution in [0.5, 0.6) is 0 Å². The third kappa shape index (κ3) is 3.35. The highest BCUT2D eigenvalue weighted by atomic mass is 32.2. The second-order valence-electron chi connectivity index (χ2n) is 5.63. The maximum absolute atomic E-state index is 12.6. The summed E-state index contributed by atoms with van der Waals surface area (Å²) in [5.74, 6) is -2.37. The van der Waals surface area contributed by atoms with Crippen LogP contribution in [0.4, 0.5) is 5.13 Å². The number of nitrogens with two attached hydrogens (primary N) is 1. The van der Waals surface area contributed by atoms with Gasteiger partial charge in [-0.3, -0.25) is 14.5 Å². The number of amides is 2. The van der Waals surface area contributed by atoms with Crippen molar-refractivity contribution in [1.82, 2.24) is 19.6 Å². The second-order valence-corrected chi connectivity index (χ2v) is 7.31. The average molecular weight is 412 g/mol. The van der Waals surface area contributed by atoms with Crippen LogP contribution < -0.4 is 11.1 Å². The monoisotopic (exact) mass is 412 g/mol. The Morgan fingerprint density at radius 3 is 2.81 bits per heavy atom. The van der Waals surface area contributed by atoms with E-state index in [1.54, 1.807) is 6.26 Å². The number of nitrogens with zero attached hydrogens (tertiary/aromatic N) is 4. The van der Waals surface area contributed by atoms with Gasteiger partial charge in [-0.15, -0.1) is 11.8 Å². The standard InChI is InChI=1S/C14H16N6O5S2/c1-25-18-8(10-17-14(15)27-19-10)11(21)16-7-5-3-4-6(26-2)9(13(23)24)20(5)12(7)22/h5,7H,3-4H2,1-2H3,(H,16,21)(H,23,24)(H2,15,17,19)/b18-8+/t5?,7-/m0/s1. The zero-order chi connectivity index (χ0) is 19.7. The molecule has 3 rings (SSSR count). The van der Waals surface area contributed by atoms with Gasteiger partial charge in [-0.1, -0.05) is 5.16 Å². The zero-order valence-corrected chi connectivity index (χ0v) is 16.0. The van der Waals surface area contributed by atoms with E-state index in [9.17, 15) is 19.5 Å². The van der Waals surface area contributed by atoms with E-state index in [0.29, 0.717) is 17.7 Å². The van der Waals surface area contributed by atoms with Gasteiger partial charge in [0.1, 0.15) is 18.8 Å². The van der Waals surface area contributed by atoms with Gasteiger partial charge in [-0.25, -0.2) is 4.79 Å². The lowest BCUT2D eigenvalue weighted by atomic mass is 9.86. The molecule has 11 nitrogen and oxygen atoms in total. The molecule has 0 radical (unpaired) electrons. The molecular weight excluding hydrogens is 396 g/mol. The third-order valence-corrected chi connectivity index (χ3v) is 5.61. The molecule has 0 saturated carbocycles. The minimum atomic E-state index is -1.16. The molecule has 0 aliphatic carbocycles. The zero-order valence-electron chi connectivity index (χ0n) is 14.3. The lowest BCUT2D eigenvalue weighted by Gasteiger charge is -2.49. The van der Waals surface area contributed by atoms with Gasteiger partial charge in [0.05, 0.1) is 6.04 Å². The van der Waals surface area contributed by atoms with Crippen molar-refractivity contribution >= 4 is 51.9 Å². The summed E-state index contributed by atoms with van der Waals surface area (Å²) in [5, 5.41) is 15.8. The highest BCUT2D eigenvalue weighted by Gasteiger charge is 2.53. The summed E-state index contributed by atoms with van der Waals surface area (Å²) in [4.78, 5) is 47.0. The fourth-order valence-electron chi connectivity index (χ4n) is 3.04. The van der Waals surface area contributed by atoms with E-state index < -0.39 is 29.9 Å². The van der Waals surface area contributed by atoms with E-state index in [-0.39, 0.29) is 22.4 Å². The topological polar surface area (TPSA) is 160 Å². The van der Waals surface area contributed by atoms with E-state index in [0.717, 1.165) is 11.5 Å². The summed E-state index contributed by atoms with van der Waals surface area (Å²) in [7, 11) is 1.26. The van der Waals surface area contributed by atoms with Crippen LogP contribution in [-0.2, 0) is 19.2 Å². The van der Waals surface area contributed by atoms with Crippen LogP contribution in [0.2, 0.25) is 0 Å². The molecular formula is C14H16N6O5S2. The Hall–Kier alpha value is -2.67. The normalized spacial score (nSPS) is 22.2. The van der Waals surface area contributed by atoms with E-state index in [1.165, 1.54) is 23.8 Å². The lowest BCUT2D eigenvalue weighted by molar-refractivity contribution is -0.155. The number of hydrogen-bond acceptors (Lipinski definition) is 10. The molecule has 0 bridgehead atoms. The molecule has 0 aromatic carbocycles. The first kappa shape index (κ1) is 19.1. The lowest BCUT2D eigenvalue weighted by Crippen LogP contribution is -2.72. The Morgan fingerprint density at radius 2 is 2.26 bits per heavy atom. The van der Waals surface area contributed by atoms with Crippen LogP contribution >= 0.6 is 23.3 Å². The Morgan fingerprint density at radius 1 is 1.52 bits per heavy atom. The number of rotatable bonds is 6. The molecule has 3 heterocycles. The van der Waals surface area contributed by atoms with Crippen LogP contribution in [0.15, 0.2) is 15.8 Å². The number of allylic oxidation sites excluding steroid dienone is 1. The fourth-order valence-corrected chi connectivity index (χ4v) is 4.18. The number of hydrogen-bond donors (Lipinski definition) is 3. The summed E-state index contributed by atoms with van der Waals surface area (Å²) in [5.41, 5.74) is 5.29. The number of nitrogen functional groups attached to an aromatic ring is 1. The fraction of sp³-hybridized carbons (Fsp3) is 0.429. The minimum absolute atomic E-state index is 0.0140. The maximum Gasteiger partial charge on any atom is 0.353 e. The number of β-lactam (4-membered cyclic amide) rings is 1. The number of carboxylic acid groups (broad SMARTS) is 1. The summed E-state index contributed by atoms with van der Waals surface area (Å²) < 4.78 is 3.91. The van der Waals surface area contributed by atoms with Gasteiger partial charge in [0, 0.05) is 16.4 Å². The van der Waals surface area contributed by atoms with E-state index >= 15 is 0 Å². The predicted molar refractivity (Wildman–Crippen MR) is 97.8 cm³/mol. The van der Waals surface area contributed by atoms with Crippen LogP contribution in [0, 0.1) is 0 Å². The first-order valence-electron chi connectivity index (χ1n) is 7.74. The average Bonchev–Trinajstić information content (AvgIpc) is 3.08. The molecule has 1 unspecified atom stereocenters. The molecule has 2 aliphatic rings. The molecule has 13 heteroatoms. The Labute approximate surface area is 161 Å². The number of anilines is 1. The summed E-state index contributed by atoms with van der Waals surface area (Å²) in [6.07, 6.45) is 2.83. The Balaban J connectivity index is 1.79. The second kappa shape index (κ2) is 7.52. The summed E-state index contributed by atoms with van der Waals surface area (Å²) >= 11 is 2.20. The number of carboxylic acids is 1. The van der Waals surface area contributed by atoms with Crippen molar-refractivity contribution in [2.24, 2.45) is 5.16 Å². The first-order valence-corrected chi connectivity index (χ1v) is 9.74. The van der Waals surface area contributed by atoms with E-state index in [2.05, 4.69) is 24.7 Å². The number of nitrogens with one attached hydrogen (secondary N) is 1. The predicted octanol–water partition coefficient (Wildman–Crippen LogP) is -0.381. The third-order valence-electron chi connectivity index (χ3n) is 4.18. The molecule has 144 valence electrons. The highest BCUT2D eigenvalue weighted by Crippen LogP contribution is 2.39.